The molecule has 2 aliphatic rings. The molecular formula is C32H42N2O6. The van der Waals surface area contributed by atoms with Gasteiger partial charge in [0.05, 0.1) is 11.5 Å². The number of ketones is 1. The highest BCUT2D eigenvalue weighted by Crippen LogP contribution is 2.50. The Labute approximate surface area is 237 Å². The molecule has 1 aliphatic carbocycles. The van der Waals surface area contributed by atoms with Crippen LogP contribution in [0, 0.1) is 11.3 Å². The first-order valence-electron chi connectivity index (χ1n) is 14.6. The number of unbranched alkanes of at least 4 members (excludes halogenated alkanes) is 1. The van der Waals surface area contributed by atoms with Crippen LogP contribution in [0.3, 0.4) is 0 Å². The van der Waals surface area contributed by atoms with Crippen LogP contribution in [-0.4, -0.2) is 49.0 Å². The van der Waals surface area contributed by atoms with Crippen molar-refractivity contribution in [1.29, 1.82) is 0 Å². The third-order valence-electron chi connectivity index (χ3n) is 8.42. The number of carbonyl (C=O) groups is 3. The standard InChI is InChI=1S/C32H42N2O6/c1-6-10-18-34(5)31(37)21-12-15-23(16-13-21)40-29-27(28(35)32(29,8-3)9-4)30(36)33-24(11-7-2)22-14-17-25-26(19-22)39-20-38-25/h12-17,19,24,27,29H,6-11,18,20H2,1-5H3,(H,33,36)/t24?,27?,29-/m1/s1. The molecule has 0 spiro atoms. The van der Waals surface area contributed by atoms with E-state index in [0.29, 0.717) is 48.6 Å². The van der Waals surface area contributed by atoms with Gasteiger partial charge in [-0.15, -0.1) is 0 Å². The second-order valence-electron chi connectivity index (χ2n) is 10.8. The molecule has 40 heavy (non-hydrogen) atoms. The zero-order valence-electron chi connectivity index (χ0n) is 24.3. The van der Waals surface area contributed by atoms with E-state index in [0.717, 1.165) is 24.8 Å². The lowest BCUT2D eigenvalue weighted by Gasteiger charge is -2.51. The maximum Gasteiger partial charge on any atom is 0.253 e. The molecule has 0 aromatic heterocycles. The second kappa shape index (κ2) is 12.7. The van der Waals surface area contributed by atoms with E-state index in [1.807, 2.05) is 32.0 Å². The predicted molar refractivity (Wildman–Crippen MR) is 153 cm³/mol. The zero-order chi connectivity index (χ0) is 28.9. The van der Waals surface area contributed by atoms with Crippen molar-refractivity contribution < 1.29 is 28.6 Å². The van der Waals surface area contributed by atoms with Crippen LogP contribution in [-0.2, 0) is 9.59 Å². The largest absolute Gasteiger partial charge is 0.488 e. The van der Waals surface area contributed by atoms with Crippen molar-refractivity contribution in [3.63, 3.8) is 0 Å². The van der Waals surface area contributed by atoms with E-state index in [4.69, 9.17) is 14.2 Å². The highest BCUT2D eigenvalue weighted by Gasteiger charge is 2.64. The molecule has 0 saturated heterocycles. The molecule has 1 heterocycles. The smallest absolute Gasteiger partial charge is 0.253 e. The van der Waals surface area contributed by atoms with Gasteiger partial charge in [-0.25, -0.2) is 0 Å². The van der Waals surface area contributed by atoms with Crippen LogP contribution in [0.4, 0.5) is 0 Å². The number of amides is 2. The first kappa shape index (κ1) is 29.4. The molecule has 1 fully saturated rings. The van der Waals surface area contributed by atoms with Crippen molar-refractivity contribution in [2.75, 3.05) is 20.4 Å². The highest BCUT2D eigenvalue weighted by atomic mass is 16.7. The van der Waals surface area contributed by atoms with Crippen molar-refractivity contribution in [3.05, 3.63) is 53.6 Å². The molecular weight excluding hydrogens is 508 g/mol. The Bertz CT molecular complexity index is 1210. The average molecular weight is 551 g/mol. The van der Waals surface area contributed by atoms with Crippen molar-refractivity contribution in [2.24, 2.45) is 11.3 Å². The van der Waals surface area contributed by atoms with Crippen molar-refractivity contribution in [3.8, 4) is 17.2 Å². The summed E-state index contributed by atoms with van der Waals surface area (Å²) in [6, 6.07) is 12.4. The lowest BCUT2D eigenvalue weighted by molar-refractivity contribution is -0.173. The second-order valence-corrected chi connectivity index (χ2v) is 10.8. The number of nitrogens with zero attached hydrogens (tertiary/aromatic N) is 1. The van der Waals surface area contributed by atoms with Gasteiger partial charge in [-0.05, 0) is 67.6 Å². The van der Waals surface area contributed by atoms with Crippen LogP contribution < -0.4 is 19.5 Å². The van der Waals surface area contributed by atoms with E-state index in [1.165, 1.54) is 0 Å². The minimum atomic E-state index is -0.908. The lowest BCUT2D eigenvalue weighted by atomic mass is 9.55. The summed E-state index contributed by atoms with van der Waals surface area (Å²) >= 11 is 0. The monoisotopic (exact) mass is 550 g/mol. The Morgan fingerprint density at radius 1 is 1.02 bits per heavy atom. The fourth-order valence-electron chi connectivity index (χ4n) is 5.79. The molecule has 0 bridgehead atoms. The summed E-state index contributed by atoms with van der Waals surface area (Å²) in [6.07, 6.45) is 4.10. The number of ether oxygens (including phenoxy) is 3. The minimum Gasteiger partial charge on any atom is -0.488 e. The van der Waals surface area contributed by atoms with Crippen LogP contribution in [0.25, 0.3) is 0 Å². The summed E-state index contributed by atoms with van der Waals surface area (Å²) in [5.74, 6) is 0.522. The minimum absolute atomic E-state index is 0.0435. The summed E-state index contributed by atoms with van der Waals surface area (Å²) in [5, 5.41) is 3.13. The predicted octanol–water partition coefficient (Wildman–Crippen LogP) is 5.70. The van der Waals surface area contributed by atoms with Crippen LogP contribution in [0.1, 0.15) is 88.2 Å². The number of hydrogen-bond acceptors (Lipinski definition) is 6. The van der Waals surface area contributed by atoms with E-state index in [9.17, 15) is 14.4 Å². The SMILES string of the molecule is CCCCN(C)C(=O)c1ccc(O[C@@H]2C(C(=O)NC(CCC)c3ccc4c(c3)OCO4)C(=O)C2(CC)CC)cc1. The highest BCUT2D eigenvalue weighted by molar-refractivity contribution is 6.10. The maximum absolute atomic E-state index is 13.6. The number of nitrogens with one attached hydrogen (secondary N) is 1. The normalized spacial score (nSPS) is 19.5. The number of Topliss-reactive ketones (excluding diaryl/α,β-unsaturated/α-hetero) is 1. The molecule has 8 nitrogen and oxygen atoms in total. The van der Waals surface area contributed by atoms with Crippen LogP contribution in [0.15, 0.2) is 42.5 Å². The summed E-state index contributed by atoms with van der Waals surface area (Å²) < 4.78 is 17.3. The average Bonchev–Trinajstić information content (AvgIpc) is 3.44. The van der Waals surface area contributed by atoms with Crippen LogP contribution in [0.2, 0.25) is 0 Å². The molecule has 2 aromatic carbocycles. The van der Waals surface area contributed by atoms with Gasteiger partial charge in [0.25, 0.3) is 5.91 Å². The fourth-order valence-corrected chi connectivity index (χ4v) is 5.79. The summed E-state index contributed by atoms with van der Waals surface area (Å²) in [5.41, 5.74) is 0.758. The quantitative estimate of drug-likeness (QED) is 0.322. The summed E-state index contributed by atoms with van der Waals surface area (Å²) in [7, 11) is 1.80. The van der Waals surface area contributed by atoms with Crippen LogP contribution in [0.5, 0.6) is 17.2 Å². The molecule has 1 aliphatic heterocycles. The molecule has 1 saturated carbocycles. The van der Waals surface area contributed by atoms with Gasteiger partial charge in [0, 0.05) is 19.2 Å². The Morgan fingerprint density at radius 3 is 2.38 bits per heavy atom. The maximum atomic E-state index is 13.6. The van der Waals surface area contributed by atoms with Gasteiger partial charge >= 0.3 is 0 Å². The van der Waals surface area contributed by atoms with Gasteiger partial charge in [-0.1, -0.05) is 46.6 Å². The summed E-state index contributed by atoms with van der Waals surface area (Å²) in [4.78, 5) is 41.6. The summed E-state index contributed by atoms with van der Waals surface area (Å²) in [6.45, 7) is 8.97. The molecule has 8 heteroatoms. The molecule has 2 amide bonds. The number of fused-ring (bicyclic) bond motifs is 1. The van der Waals surface area contributed by atoms with Crippen molar-refractivity contribution in [2.45, 2.75) is 78.4 Å². The molecule has 4 rings (SSSR count). The Hall–Kier alpha value is -3.55. The topological polar surface area (TPSA) is 94.2 Å². The Kier molecular flexibility index (Phi) is 9.38. The van der Waals surface area contributed by atoms with Crippen molar-refractivity contribution in [1.82, 2.24) is 10.2 Å². The first-order chi connectivity index (χ1) is 19.3. The van der Waals surface area contributed by atoms with Crippen LogP contribution >= 0.6 is 0 Å². The zero-order valence-corrected chi connectivity index (χ0v) is 24.3. The third-order valence-corrected chi connectivity index (χ3v) is 8.42. The Balaban J connectivity index is 1.51. The fraction of sp³-hybridized carbons (Fsp3) is 0.531. The van der Waals surface area contributed by atoms with E-state index >= 15 is 0 Å². The molecule has 216 valence electrons. The number of benzene rings is 2. The lowest BCUT2D eigenvalue weighted by Crippen LogP contribution is -2.68. The Morgan fingerprint density at radius 2 is 1.73 bits per heavy atom. The number of rotatable bonds is 13. The van der Waals surface area contributed by atoms with Gasteiger partial charge in [-0.2, -0.15) is 0 Å². The van der Waals surface area contributed by atoms with E-state index in [-0.39, 0.29) is 30.4 Å². The number of carbonyl (C=O) groups excluding carboxylic acids is 3. The van der Waals surface area contributed by atoms with Gasteiger partial charge < -0.3 is 24.4 Å². The van der Waals surface area contributed by atoms with Gasteiger partial charge in [0.2, 0.25) is 12.7 Å². The van der Waals surface area contributed by atoms with E-state index in [2.05, 4.69) is 19.2 Å². The molecule has 1 N–H and O–H groups in total. The number of hydrogen-bond donors (Lipinski definition) is 1. The molecule has 2 aromatic rings. The van der Waals surface area contributed by atoms with Gasteiger partial charge in [-0.3, -0.25) is 14.4 Å². The van der Waals surface area contributed by atoms with Gasteiger partial charge in [0.1, 0.15) is 17.8 Å². The first-order valence-corrected chi connectivity index (χ1v) is 14.6. The molecule has 2 unspecified atom stereocenters. The van der Waals surface area contributed by atoms with Gasteiger partial charge in [0.15, 0.2) is 17.3 Å². The molecule has 0 radical (unpaired) electrons. The van der Waals surface area contributed by atoms with E-state index in [1.54, 1.807) is 36.2 Å². The van der Waals surface area contributed by atoms with E-state index < -0.39 is 17.4 Å². The van der Waals surface area contributed by atoms with Crippen molar-refractivity contribution >= 4 is 17.6 Å². The third kappa shape index (κ3) is 5.67. The molecule has 3 atom stereocenters.